The largest absolute Gasteiger partial charge is 0.392 e. The minimum absolute atomic E-state index is 0.205. The summed E-state index contributed by atoms with van der Waals surface area (Å²) in [7, 11) is 0. The zero-order chi connectivity index (χ0) is 17.6. The Morgan fingerprint density at radius 3 is 2.60 bits per heavy atom. The fraction of sp³-hybridized carbons (Fsp3) is 0.158. The van der Waals surface area contributed by atoms with Gasteiger partial charge in [0.05, 0.1) is 12.9 Å². The molecule has 0 saturated heterocycles. The second-order valence-electron chi connectivity index (χ2n) is 5.70. The summed E-state index contributed by atoms with van der Waals surface area (Å²) in [6.07, 6.45) is 5.34. The first-order valence-electron chi connectivity index (χ1n) is 7.87. The van der Waals surface area contributed by atoms with Crippen molar-refractivity contribution in [2.75, 3.05) is 0 Å². The van der Waals surface area contributed by atoms with Crippen LogP contribution in [0.1, 0.15) is 27.0 Å². The van der Waals surface area contributed by atoms with E-state index in [1.165, 1.54) is 6.07 Å². The van der Waals surface area contributed by atoms with E-state index >= 15 is 0 Å². The van der Waals surface area contributed by atoms with Gasteiger partial charge in [0.1, 0.15) is 5.82 Å². The van der Waals surface area contributed by atoms with E-state index in [2.05, 4.69) is 10.3 Å². The maximum atomic E-state index is 13.4. The molecule has 0 aliphatic heterocycles. The van der Waals surface area contributed by atoms with Gasteiger partial charge in [-0.05, 0) is 35.4 Å². The van der Waals surface area contributed by atoms with Gasteiger partial charge in [0.25, 0.3) is 5.91 Å². The molecule has 0 fully saturated rings. The van der Waals surface area contributed by atoms with Crippen molar-refractivity contribution in [2.24, 2.45) is 0 Å². The van der Waals surface area contributed by atoms with Crippen molar-refractivity contribution < 1.29 is 14.3 Å². The first-order chi connectivity index (χ1) is 12.2. The minimum Gasteiger partial charge on any atom is -0.392 e. The van der Waals surface area contributed by atoms with Gasteiger partial charge >= 0.3 is 0 Å². The van der Waals surface area contributed by atoms with E-state index in [1.54, 1.807) is 36.8 Å². The second kappa shape index (κ2) is 7.72. The second-order valence-corrected chi connectivity index (χ2v) is 5.70. The molecule has 0 radical (unpaired) electrons. The van der Waals surface area contributed by atoms with Crippen molar-refractivity contribution in [1.82, 2.24) is 14.9 Å². The van der Waals surface area contributed by atoms with E-state index in [4.69, 9.17) is 5.11 Å². The maximum absolute atomic E-state index is 13.4. The maximum Gasteiger partial charge on any atom is 0.251 e. The molecule has 0 saturated carbocycles. The molecule has 1 amide bonds. The highest BCUT2D eigenvalue weighted by Crippen LogP contribution is 2.11. The number of carbonyl (C=O) groups excluding carboxylic acids is 1. The van der Waals surface area contributed by atoms with E-state index in [1.807, 2.05) is 22.9 Å². The Morgan fingerprint density at radius 1 is 1.16 bits per heavy atom. The molecule has 6 heteroatoms. The first kappa shape index (κ1) is 16.9. The molecule has 25 heavy (non-hydrogen) atoms. The number of aliphatic hydroxyl groups is 1. The number of halogens is 1. The Kier molecular flexibility index (Phi) is 5.20. The highest BCUT2D eigenvalue weighted by atomic mass is 19.1. The van der Waals surface area contributed by atoms with E-state index in [0.29, 0.717) is 12.1 Å². The summed E-state index contributed by atoms with van der Waals surface area (Å²) in [5, 5.41) is 11.9. The number of hydrogen-bond acceptors (Lipinski definition) is 3. The average Bonchev–Trinajstić information content (AvgIpc) is 3.14. The Morgan fingerprint density at radius 2 is 1.92 bits per heavy atom. The molecule has 0 atom stereocenters. The molecule has 2 aromatic carbocycles. The number of benzene rings is 2. The predicted molar refractivity (Wildman–Crippen MR) is 91.3 cm³/mol. The smallest absolute Gasteiger partial charge is 0.251 e. The standard InChI is InChI=1S/C19H18FN3O2/c20-18-6-3-15(9-17(18)12-24)10-22-19(25)16-4-1-14(2-5-16)11-23-8-7-21-13-23/h1-9,13,24H,10-12H2,(H,22,25). The number of carbonyl (C=O) groups is 1. The number of nitrogens with one attached hydrogen (secondary N) is 1. The van der Waals surface area contributed by atoms with Crippen LogP contribution in [0.3, 0.4) is 0 Å². The number of rotatable bonds is 6. The van der Waals surface area contributed by atoms with Crippen LogP contribution in [0.4, 0.5) is 4.39 Å². The highest BCUT2D eigenvalue weighted by molar-refractivity contribution is 5.94. The van der Waals surface area contributed by atoms with Crippen LogP contribution in [0.15, 0.2) is 61.2 Å². The predicted octanol–water partition coefficient (Wildman–Crippen LogP) is 2.49. The molecule has 3 aromatic rings. The topological polar surface area (TPSA) is 67.2 Å². The Hall–Kier alpha value is -2.99. The number of aromatic nitrogens is 2. The quantitative estimate of drug-likeness (QED) is 0.725. The Bertz CT molecular complexity index is 846. The van der Waals surface area contributed by atoms with Gasteiger partial charge in [0.2, 0.25) is 0 Å². The highest BCUT2D eigenvalue weighted by Gasteiger charge is 2.07. The van der Waals surface area contributed by atoms with Crippen LogP contribution >= 0.6 is 0 Å². The van der Waals surface area contributed by atoms with E-state index < -0.39 is 5.82 Å². The van der Waals surface area contributed by atoms with Gasteiger partial charge in [-0.3, -0.25) is 4.79 Å². The summed E-state index contributed by atoms with van der Waals surface area (Å²) in [6.45, 7) is 0.594. The van der Waals surface area contributed by atoms with Crippen molar-refractivity contribution in [1.29, 1.82) is 0 Å². The van der Waals surface area contributed by atoms with Gasteiger partial charge in [-0.25, -0.2) is 9.37 Å². The van der Waals surface area contributed by atoms with Crippen LogP contribution in [0.25, 0.3) is 0 Å². The summed E-state index contributed by atoms with van der Waals surface area (Å²) in [4.78, 5) is 16.2. The van der Waals surface area contributed by atoms with Gasteiger partial charge in [-0.2, -0.15) is 0 Å². The lowest BCUT2D eigenvalue weighted by atomic mass is 10.1. The zero-order valence-electron chi connectivity index (χ0n) is 13.5. The number of aliphatic hydroxyl groups excluding tert-OH is 1. The molecular weight excluding hydrogens is 321 g/mol. The van der Waals surface area contributed by atoms with E-state index in [9.17, 15) is 9.18 Å². The SMILES string of the molecule is O=C(NCc1ccc(F)c(CO)c1)c1ccc(Cn2ccnc2)cc1. The molecular formula is C19H18FN3O2. The summed E-state index contributed by atoms with van der Waals surface area (Å²) >= 11 is 0. The summed E-state index contributed by atoms with van der Waals surface area (Å²) in [6, 6.07) is 11.8. The van der Waals surface area contributed by atoms with E-state index in [0.717, 1.165) is 11.1 Å². The Balaban J connectivity index is 1.59. The zero-order valence-corrected chi connectivity index (χ0v) is 13.5. The lowest BCUT2D eigenvalue weighted by molar-refractivity contribution is 0.0951. The Labute approximate surface area is 144 Å². The molecule has 128 valence electrons. The molecule has 0 aliphatic carbocycles. The van der Waals surface area contributed by atoms with Crippen molar-refractivity contribution in [3.05, 3.63) is 89.3 Å². The van der Waals surface area contributed by atoms with E-state index in [-0.39, 0.29) is 24.6 Å². The van der Waals surface area contributed by atoms with Gasteiger partial charge in [0.15, 0.2) is 0 Å². The van der Waals surface area contributed by atoms with Crippen LogP contribution in [0.2, 0.25) is 0 Å². The summed E-state index contributed by atoms with van der Waals surface area (Å²) in [5.41, 5.74) is 2.57. The summed E-state index contributed by atoms with van der Waals surface area (Å²) in [5.74, 6) is -0.657. The molecule has 0 unspecified atom stereocenters. The number of hydrogen-bond donors (Lipinski definition) is 2. The molecule has 5 nitrogen and oxygen atoms in total. The van der Waals surface area contributed by atoms with Crippen LogP contribution in [0, 0.1) is 5.82 Å². The first-order valence-corrected chi connectivity index (χ1v) is 7.87. The lowest BCUT2D eigenvalue weighted by Crippen LogP contribution is -2.22. The molecule has 0 aliphatic rings. The van der Waals surface area contributed by atoms with Crippen LogP contribution in [0.5, 0.6) is 0 Å². The average molecular weight is 339 g/mol. The van der Waals surface area contributed by atoms with Gasteiger partial charge in [0, 0.05) is 36.6 Å². The third-order valence-electron chi connectivity index (χ3n) is 3.87. The summed E-state index contributed by atoms with van der Waals surface area (Å²) < 4.78 is 15.3. The number of amides is 1. The molecule has 0 bridgehead atoms. The number of imidazole rings is 1. The van der Waals surface area contributed by atoms with Gasteiger partial charge < -0.3 is 15.0 Å². The monoisotopic (exact) mass is 339 g/mol. The molecule has 0 spiro atoms. The van der Waals surface area contributed by atoms with Crippen LogP contribution in [-0.2, 0) is 19.7 Å². The van der Waals surface area contributed by atoms with Gasteiger partial charge in [-0.15, -0.1) is 0 Å². The lowest BCUT2D eigenvalue weighted by Gasteiger charge is -2.08. The molecule has 1 heterocycles. The molecule has 3 rings (SSSR count). The van der Waals surface area contributed by atoms with Crippen molar-refractivity contribution in [2.45, 2.75) is 19.7 Å². The normalized spacial score (nSPS) is 10.6. The van der Waals surface area contributed by atoms with Crippen molar-refractivity contribution >= 4 is 5.91 Å². The molecule has 2 N–H and O–H groups in total. The van der Waals surface area contributed by atoms with Crippen LogP contribution in [-0.4, -0.2) is 20.6 Å². The third kappa shape index (κ3) is 4.30. The minimum atomic E-state index is -0.453. The fourth-order valence-electron chi connectivity index (χ4n) is 2.50. The fourth-order valence-corrected chi connectivity index (χ4v) is 2.50. The van der Waals surface area contributed by atoms with Crippen molar-refractivity contribution in [3.63, 3.8) is 0 Å². The van der Waals surface area contributed by atoms with Gasteiger partial charge in [-0.1, -0.05) is 18.2 Å². The molecule has 1 aromatic heterocycles. The van der Waals surface area contributed by atoms with Crippen LogP contribution < -0.4 is 5.32 Å². The third-order valence-corrected chi connectivity index (χ3v) is 3.87. The van der Waals surface area contributed by atoms with Crippen molar-refractivity contribution in [3.8, 4) is 0 Å². The number of nitrogens with zero attached hydrogens (tertiary/aromatic N) is 2.